The van der Waals surface area contributed by atoms with Gasteiger partial charge in [0.15, 0.2) is 11.6 Å². The van der Waals surface area contributed by atoms with Gasteiger partial charge in [0, 0.05) is 37.9 Å². The highest BCUT2D eigenvalue weighted by Gasteiger charge is 2.28. The predicted molar refractivity (Wildman–Crippen MR) is 70.1 cm³/mol. The average Bonchev–Trinajstić information content (AvgIpc) is 2.33. The highest BCUT2D eigenvalue weighted by molar-refractivity contribution is 5.42. The van der Waals surface area contributed by atoms with Gasteiger partial charge in [0.25, 0.3) is 0 Å². The number of hydrogen-bond acceptors (Lipinski definition) is 3. The first-order chi connectivity index (χ1) is 9.20. The van der Waals surface area contributed by atoms with Crippen LogP contribution in [0.1, 0.15) is 25.8 Å². The number of rotatable bonds is 6. The zero-order chi connectivity index (χ0) is 15.3. The van der Waals surface area contributed by atoms with Crippen LogP contribution in [-0.2, 0) is 6.54 Å². The lowest BCUT2D eigenvalue weighted by Gasteiger charge is -2.20. The molecule has 0 aromatic carbocycles. The van der Waals surface area contributed by atoms with Crippen LogP contribution in [0.2, 0.25) is 0 Å². The molecule has 0 unspecified atom stereocenters. The van der Waals surface area contributed by atoms with Gasteiger partial charge in [-0.15, -0.1) is 0 Å². The van der Waals surface area contributed by atoms with Crippen LogP contribution in [0.4, 0.5) is 23.4 Å². The van der Waals surface area contributed by atoms with Crippen LogP contribution >= 0.6 is 0 Å². The largest absolute Gasteiger partial charge is 0.390 e. The van der Waals surface area contributed by atoms with Gasteiger partial charge in [-0.2, -0.15) is 13.2 Å². The third-order valence-corrected chi connectivity index (χ3v) is 2.74. The molecule has 1 rings (SSSR count). The zero-order valence-electron chi connectivity index (χ0n) is 11.8. The molecule has 0 aliphatic carbocycles. The van der Waals surface area contributed by atoms with Gasteiger partial charge in [-0.25, -0.2) is 9.37 Å². The Morgan fingerprint density at radius 3 is 2.55 bits per heavy atom. The first-order valence-electron chi connectivity index (χ1n) is 6.35. The molecule has 1 heterocycles. The van der Waals surface area contributed by atoms with E-state index in [9.17, 15) is 17.6 Å². The van der Waals surface area contributed by atoms with Crippen LogP contribution in [-0.4, -0.2) is 30.8 Å². The third-order valence-electron chi connectivity index (χ3n) is 2.74. The molecule has 1 N–H and O–H groups in total. The Morgan fingerprint density at radius 1 is 1.35 bits per heavy atom. The molecule has 0 amide bonds. The fourth-order valence-corrected chi connectivity index (χ4v) is 1.59. The van der Waals surface area contributed by atoms with E-state index >= 15 is 0 Å². The van der Waals surface area contributed by atoms with Crippen LogP contribution in [0.3, 0.4) is 0 Å². The maximum Gasteiger partial charge on any atom is 0.390 e. The van der Waals surface area contributed by atoms with E-state index < -0.39 is 18.4 Å². The normalized spacial score (nSPS) is 12.0. The lowest BCUT2D eigenvalue weighted by Crippen LogP contribution is -2.27. The van der Waals surface area contributed by atoms with Crippen molar-refractivity contribution in [3.63, 3.8) is 0 Å². The second kappa shape index (κ2) is 6.88. The zero-order valence-corrected chi connectivity index (χ0v) is 11.8. The van der Waals surface area contributed by atoms with Gasteiger partial charge >= 0.3 is 6.18 Å². The quantitative estimate of drug-likeness (QED) is 0.817. The smallest absolute Gasteiger partial charge is 0.357 e. The molecule has 20 heavy (non-hydrogen) atoms. The Kier molecular flexibility index (Phi) is 5.74. The Labute approximate surface area is 116 Å². The number of alkyl halides is 3. The first-order valence-corrected chi connectivity index (χ1v) is 6.35. The van der Waals surface area contributed by atoms with Crippen molar-refractivity contribution in [3.05, 3.63) is 23.6 Å². The van der Waals surface area contributed by atoms with E-state index in [2.05, 4.69) is 10.3 Å². The minimum Gasteiger partial charge on any atom is -0.357 e. The fourth-order valence-electron chi connectivity index (χ4n) is 1.59. The molecule has 3 nitrogen and oxygen atoms in total. The molecule has 0 fully saturated rings. The minimum atomic E-state index is -4.26. The molecule has 0 radical (unpaired) electrons. The number of aromatic nitrogens is 1. The summed E-state index contributed by atoms with van der Waals surface area (Å²) in [6.07, 6.45) is -3.86. The molecule has 114 valence electrons. The number of hydrogen-bond donors (Lipinski definition) is 1. The SMILES string of the molecule is CC(C)NCc1ccnc(N(C)CCC(F)(F)F)c1F. The van der Waals surface area contributed by atoms with E-state index in [0.717, 1.165) is 0 Å². The van der Waals surface area contributed by atoms with Crippen molar-refractivity contribution >= 4 is 5.82 Å². The molecule has 0 spiro atoms. The summed E-state index contributed by atoms with van der Waals surface area (Å²) in [5, 5.41) is 3.06. The van der Waals surface area contributed by atoms with Gasteiger partial charge in [-0.05, 0) is 6.07 Å². The van der Waals surface area contributed by atoms with Crippen LogP contribution in [0.25, 0.3) is 0 Å². The topological polar surface area (TPSA) is 28.2 Å². The van der Waals surface area contributed by atoms with Crippen molar-refractivity contribution in [3.8, 4) is 0 Å². The summed E-state index contributed by atoms with van der Waals surface area (Å²) < 4.78 is 50.7. The summed E-state index contributed by atoms with van der Waals surface area (Å²) in [5.41, 5.74) is 0.391. The Morgan fingerprint density at radius 2 is 2.00 bits per heavy atom. The lowest BCUT2D eigenvalue weighted by molar-refractivity contribution is -0.132. The highest BCUT2D eigenvalue weighted by Crippen LogP contribution is 2.23. The van der Waals surface area contributed by atoms with Crippen molar-refractivity contribution < 1.29 is 17.6 Å². The van der Waals surface area contributed by atoms with Crippen molar-refractivity contribution in [2.75, 3.05) is 18.5 Å². The predicted octanol–water partition coefficient (Wildman–Crippen LogP) is 3.11. The third kappa shape index (κ3) is 5.32. The van der Waals surface area contributed by atoms with Crippen molar-refractivity contribution in [1.82, 2.24) is 10.3 Å². The maximum atomic E-state index is 14.2. The lowest BCUT2D eigenvalue weighted by atomic mass is 10.2. The average molecular weight is 293 g/mol. The van der Waals surface area contributed by atoms with Gasteiger partial charge in [0.1, 0.15) is 0 Å². The van der Waals surface area contributed by atoms with E-state index in [1.165, 1.54) is 24.2 Å². The van der Waals surface area contributed by atoms with E-state index in [0.29, 0.717) is 12.1 Å². The van der Waals surface area contributed by atoms with Crippen molar-refractivity contribution in [1.29, 1.82) is 0 Å². The molecule has 0 atom stereocenters. The van der Waals surface area contributed by atoms with Gasteiger partial charge in [0.05, 0.1) is 6.42 Å². The number of nitrogens with one attached hydrogen (secondary N) is 1. The van der Waals surface area contributed by atoms with E-state index in [4.69, 9.17) is 0 Å². The summed E-state index contributed by atoms with van der Waals surface area (Å²) in [4.78, 5) is 5.00. The molecule has 0 aliphatic rings. The summed E-state index contributed by atoms with van der Waals surface area (Å²) in [5.74, 6) is -0.636. The van der Waals surface area contributed by atoms with Crippen LogP contribution in [0.15, 0.2) is 12.3 Å². The van der Waals surface area contributed by atoms with Crippen LogP contribution < -0.4 is 10.2 Å². The Bertz CT molecular complexity index is 432. The fraction of sp³-hybridized carbons (Fsp3) is 0.615. The first kappa shape index (κ1) is 16.7. The molecule has 7 heteroatoms. The van der Waals surface area contributed by atoms with Gasteiger partial charge in [-0.1, -0.05) is 13.8 Å². The molecular weight excluding hydrogens is 274 g/mol. The maximum absolute atomic E-state index is 14.2. The second-order valence-electron chi connectivity index (χ2n) is 4.93. The summed E-state index contributed by atoms with van der Waals surface area (Å²) in [7, 11) is 1.40. The van der Waals surface area contributed by atoms with Gasteiger partial charge < -0.3 is 10.2 Å². The molecule has 1 aromatic heterocycles. The monoisotopic (exact) mass is 293 g/mol. The Balaban J connectivity index is 2.77. The van der Waals surface area contributed by atoms with E-state index in [-0.39, 0.29) is 18.4 Å². The van der Waals surface area contributed by atoms with Crippen molar-refractivity contribution in [2.45, 2.75) is 39.0 Å². The summed E-state index contributed by atoms with van der Waals surface area (Å²) in [6, 6.07) is 1.71. The van der Waals surface area contributed by atoms with Gasteiger partial charge in [-0.3, -0.25) is 0 Å². The van der Waals surface area contributed by atoms with E-state index in [1.807, 2.05) is 13.8 Å². The molecular formula is C13H19F4N3. The molecule has 0 bridgehead atoms. The Hall–Kier alpha value is -1.37. The van der Waals surface area contributed by atoms with Gasteiger partial charge in [0.2, 0.25) is 0 Å². The number of pyridine rings is 1. The number of halogens is 4. The molecule has 0 aliphatic heterocycles. The van der Waals surface area contributed by atoms with E-state index in [1.54, 1.807) is 0 Å². The molecule has 0 saturated heterocycles. The summed E-state index contributed by atoms with van der Waals surface area (Å²) >= 11 is 0. The van der Waals surface area contributed by atoms with Crippen LogP contribution in [0.5, 0.6) is 0 Å². The summed E-state index contributed by atoms with van der Waals surface area (Å²) in [6.45, 7) is 3.84. The molecule has 1 aromatic rings. The van der Waals surface area contributed by atoms with Crippen LogP contribution in [0, 0.1) is 5.82 Å². The second-order valence-corrected chi connectivity index (χ2v) is 4.93. The standard InChI is InChI=1S/C13H19F4N3/c1-9(2)19-8-10-4-6-18-12(11(10)14)20(3)7-5-13(15,16)17/h4,6,9,19H,5,7-8H2,1-3H3. The number of anilines is 1. The van der Waals surface area contributed by atoms with Crippen molar-refractivity contribution in [2.24, 2.45) is 0 Å². The highest BCUT2D eigenvalue weighted by atomic mass is 19.4. The molecule has 0 saturated carbocycles. The minimum absolute atomic E-state index is 0.0580. The number of nitrogens with zero attached hydrogens (tertiary/aromatic N) is 2.